The number of nitrogens with zero attached hydrogens (tertiary/aromatic N) is 5. The van der Waals surface area contributed by atoms with E-state index in [2.05, 4.69) is 20.0 Å². The third kappa shape index (κ3) is 7.60. The van der Waals surface area contributed by atoms with Gasteiger partial charge in [-0.2, -0.15) is 0 Å². The summed E-state index contributed by atoms with van der Waals surface area (Å²) < 4.78 is 41.8. The number of hydrogen-bond donors (Lipinski definition) is 2. The normalized spacial score (nSPS) is 23.2. The molecule has 4 aromatic rings. The van der Waals surface area contributed by atoms with Crippen LogP contribution in [0.3, 0.4) is 0 Å². The molecule has 1 saturated heterocycles. The van der Waals surface area contributed by atoms with Gasteiger partial charge in [0.15, 0.2) is 29.4 Å². The topological polar surface area (TPSA) is 133 Å². The maximum Gasteiger partial charge on any atom is 0.323 e. The molecular weight excluding hydrogens is 682 g/mol. The molecule has 12 nitrogen and oxygen atoms in total. The van der Waals surface area contributed by atoms with Crippen molar-refractivity contribution < 1.29 is 32.8 Å². The van der Waals surface area contributed by atoms with Gasteiger partial charge in [-0.05, 0) is 42.5 Å². The Morgan fingerprint density at radius 2 is 1.96 bits per heavy atom. The first-order valence-corrected chi connectivity index (χ1v) is 18.5. The van der Waals surface area contributed by atoms with Gasteiger partial charge in [0.1, 0.15) is 29.3 Å². The number of aromatic nitrogens is 4. The van der Waals surface area contributed by atoms with Gasteiger partial charge in [0.05, 0.1) is 25.4 Å². The van der Waals surface area contributed by atoms with Crippen molar-refractivity contribution in [1.82, 2.24) is 24.6 Å². The number of aliphatic hydroxyl groups excluding tert-OH is 1. The molecule has 5 rings (SSSR count). The van der Waals surface area contributed by atoms with E-state index < -0.39 is 49.4 Å². The van der Waals surface area contributed by atoms with E-state index in [1.807, 2.05) is 71.3 Å². The molecule has 48 heavy (non-hydrogen) atoms. The predicted molar refractivity (Wildman–Crippen MR) is 187 cm³/mol. The quantitative estimate of drug-likeness (QED) is 0.110. The highest BCUT2D eigenvalue weighted by atomic mass is 35.5. The van der Waals surface area contributed by atoms with Crippen LogP contribution in [-0.4, -0.2) is 87.7 Å². The summed E-state index contributed by atoms with van der Waals surface area (Å²) in [6, 6.07) is 12.1. The largest absolute Gasteiger partial charge is 0.464 e. The summed E-state index contributed by atoms with van der Waals surface area (Å²) >= 11 is 12.4. The summed E-state index contributed by atoms with van der Waals surface area (Å²) in [7, 11) is 3.63. The Labute approximate surface area is 289 Å². The van der Waals surface area contributed by atoms with E-state index in [0.717, 1.165) is 10.8 Å². The number of imidazole rings is 1. The third-order valence-corrected chi connectivity index (χ3v) is 10.6. The molecule has 0 bridgehead atoms. The average molecular weight is 723 g/mol. The fraction of sp³-hybridized carbons (Fsp3) is 0.500. The minimum absolute atomic E-state index is 0.184. The number of esters is 1. The zero-order valence-electron chi connectivity index (χ0n) is 27.9. The van der Waals surface area contributed by atoms with Gasteiger partial charge in [0.25, 0.3) is 0 Å². The lowest BCUT2D eigenvalue weighted by Crippen LogP contribution is -2.48. The molecule has 1 fully saturated rings. The second-order valence-corrected chi connectivity index (χ2v) is 16.7. The van der Waals surface area contributed by atoms with Crippen molar-refractivity contribution in [1.29, 1.82) is 0 Å². The van der Waals surface area contributed by atoms with Crippen molar-refractivity contribution in [2.75, 3.05) is 38.1 Å². The van der Waals surface area contributed by atoms with Gasteiger partial charge in [-0.25, -0.2) is 24.4 Å². The molecular formula is C32H41ClFN6O6PS. The van der Waals surface area contributed by atoms with Crippen LogP contribution in [0.1, 0.15) is 39.7 Å². The van der Waals surface area contributed by atoms with E-state index >= 15 is 4.39 Å². The highest BCUT2D eigenvalue weighted by Crippen LogP contribution is 2.50. The number of ether oxygens (including phenoxy) is 2. The molecule has 0 radical (unpaired) electrons. The van der Waals surface area contributed by atoms with Crippen LogP contribution >= 0.6 is 18.2 Å². The average Bonchev–Trinajstić information content (AvgIpc) is 3.56. The van der Waals surface area contributed by atoms with Crippen LogP contribution in [0.4, 0.5) is 10.2 Å². The van der Waals surface area contributed by atoms with E-state index in [1.54, 1.807) is 24.8 Å². The molecule has 2 N–H and O–H groups in total. The van der Waals surface area contributed by atoms with Gasteiger partial charge in [0, 0.05) is 19.5 Å². The van der Waals surface area contributed by atoms with E-state index in [4.69, 9.17) is 41.9 Å². The third-order valence-electron chi connectivity index (χ3n) is 7.71. The van der Waals surface area contributed by atoms with E-state index in [9.17, 15) is 9.90 Å². The van der Waals surface area contributed by atoms with Gasteiger partial charge in [0.2, 0.25) is 0 Å². The summed E-state index contributed by atoms with van der Waals surface area (Å²) in [5, 5.41) is 16.0. The monoisotopic (exact) mass is 722 g/mol. The standard InChI is InChI=1S/C32H41ClFN6O6PS/c1-19(30(42)43-16-31(3,4)5)38-47(48,46-23-14-10-12-21-11-8-9-13-22(21)23)44-17-32(15-33)26(41)24(34)29(45-32)40-18-35-25-27(39(6)7)36-20(2)37-28(25)40/h8-14,18-19,24,26,29,41H,15-17H2,1-7H3,(H,38,48)/t19-,24-,26+,29-,32-,47?/m1/s1. The van der Waals surface area contributed by atoms with Crippen LogP contribution in [0.5, 0.6) is 5.75 Å². The number of anilines is 1. The summed E-state index contributed by atoms with van der Waals surface area (Å²) in [5.74, 6) is 0.483. The van der Waals surface area contributed by atoms with Crippen molar-refractivity contribution in [3.8, 4) is 5.75 Å². The number of aryl methyl sites for hydroxylation is 1. The summed E-state index contributed by atoms with van der Waals surface area (Å²) in [4.78, 5) is 28.1. The first-order chi connectivity index (χ1) is 22.6. The number of aliphatic hydroxyl groups is 1. The zero-order chi connectivity index (χ0) is 35.0. The highest BCUT2D eigenvalue weighted by molar-refractivity contribution is 8.09. The number of hydrogen-bond acceptors (Lipinski definition) is 11. The fourth-order valence-corrected chi connectivity index (χ4v) is 7.94. The molecule has 2 aromatic carbocycles. The lowest BCUT2D eigenvalue weighted by molar-refractivity contribution is -0.148. The Hall–Kier alpha value is -2.97. The van der Waals surface area contributed by atoms with Crippen LogP contribution in [0.15, 0.2) is 48.8 Å². The number of rotatable bonds is 12. The highest BCUT2D eigenvalue weighted by Gasteiger charge is 2.57. The molecule has 0 aliphatic carbocycles. The molecule has 16 heteroatoms. The minimum atomic E-state index is -3.65. The summed E-state index contributed by atoms with van der Waals surface area (Å²) in [6.07, 6.45) is -3.64. The van der Waals surface area contributed by atoms with Gasteiger partial charge in [-0.15, -0.1) is 11.6 Å². The van der Waals surface area contributed by atoms with Crippen LogP contribution in [0.25, 0.3) is 21.9 Å². The number of halogens is 2. The van der Waals surface area contributed by atoms with Crippen molar-refractivity contribution >= 4 is 63.8 Å². The Morgan fingerprint density at radius 1 is 1.25 bits per heavy atom. The SMILES string of the molecule is Cc1nc(N(C)C)c2ncn([C@@H]3O[C@](CCl)(COP(=S)(N[C@H](C)C(=O)OCC(C)(C)C)Oc4cccc5ccccc45)[C@@H](O)[C@H]3F)c2n1. The lowest BCUT2D eigenvalue weighted by atomic mass is 9.99. The van der Waals surface area contributed by atoms with Gasteiger partial charge >= 0.3 is 12.6 Å². The number of fused-ring (bicyclic) bond motifs is 2. The van der Waals surface area contributed by atoms with Crippen molar-refractivity contribution in [2.24, 2.45) is 5.41 Å². The van der Waals surface area contributed by atoms with E-state index in [1.165, 1.54) is 10.9 Å². The maximum absolute atomic E-state index is 16.0. The van der Waals surface area contributed by atoms with Crippen LogP contribution in [0, 0.1) is 12.3 Å². The summed E-state index contributed by atoms with van der Waals surface area (Å²) in [6.45, 7) is 5.20. The van der Waals surface area contributed by atoms with Crippen LogP contribution < -0.4 is 14.5 Å². The summed E-state index contributed by atoms with van der Waals surface area (Å²) in [5.41, 5.74) is -1.26. The van der Waals surface area contributed by atoms with Crippen molar-refractivity contribution in [3.63, 3.8) is 0 Å². The molecule has 260 valence electrons. The molecule has 1 unspecified atom stereocenters. The smallest absolute Gasteiger partial charge is 0.323 e. The number of benzene rings is 2. The Balaban J connectivity index is 1.44. The van der Waals surface area contributed by atoms with Crippen molar-refractivity contribution in [2.45, 2.75) is 64.8 Å². The lowest BCUT2D eigenvalue weighted by Gasteiger charge is -2.33. The van der Waals surface area contributed by atoms with E-state index in [0.29, 0.717) is 28.6 Å². The first-order valence-electron chi connectivity index (χ1n) is 15.4. The van der Waals surface area contributed by atoms with Crippen molar-refractivity contribution in [3.05, 3.63) is 54.6 Å². The second-order valence-electron chi connectivity index (χ2n) is 13.3. The zero-order valence-corrected chi connectivity index (χ0v) is 30.4. The molecule has 1 aliphatic heterocycles. The fourth-order valence-electron chi connectivity index (χ4n) is 5.20. The maximum atomic E-state index is 16.0. The Kier molecular flexibility index (Phi) is 10.7. The molecule has 2 aromatic heterocycles. The molecule has 0 saturated carbocycles. The number of alkyl halides is 2. The molecule has 1 aliphatic rings. The second kappa shape index (κ2) is 14.1. The van der Waals surface area contributed by atoms with Crippen LogP contribution in [0.2, 0.25) is 0 Å². The van der Waals surface area contributed by atoms with Gasteiger partial charge < -0.3 is 28.5 Å². The van der Waals surface area contributed by atoms with Crippen LogP contribution in [-0.2, 0) is 30.6 Å². The number of nitrogens with one attached hydrogen (secondary N) is 1. The molecule has 6 atom stereocenters. The Morgan fingerprint density at radius 3 is 2.65 bits per heavy atom. The number of carbonyl (C=O) groups is 1. The van der Waals surface area contributed by atoms with Gasteiger partial charge in [-0.1, -0.05) is 57.2 Å². The van der Waals surface area contributed by atoms with Gasteiger partial charge in [-0.3, -0.25) is 9.36 Å². The Bertz CT molecular complexity index is 1840. The molecule has 0 spiro atoms. The van der Waals surface area contributed by atoms with E-state index in [-0.39, 0.29) is 17.9 Å². The first kappa shape index (κ1) is 36.3. The number of carbonyl (C=O) groups excluding carboxylic acids is 1. The molecule has 0 amide bonds. The predicted octanol–water partition coefficient (Wildman–Crippen LogP) is 5.45. The minimum Gasteiger partial charge on any atom is -0.464 e. The molecule has 3 heterocycles.